The maximum Gasteiger partial charge on any atom is 0.407 e. The molecule has 1 saturated heterocycles. The molecule has 2 aliphatic heterocycles. The predicted molar refractivity (Wildman–Crippen MR) is 120 cm³/mol. The lowest BCUT2D eigenvalue weighted by molar-refractivity contribution is 0.114. The second kappa shape index (κ2) is 7.75. The molecule has 0 spiro atoms. The summed E-state index contributed by atoms with van der Waals surface area (Å²) in [6.45, 7) is 0.389. The van der Waals surface area contributed by atoms with Gasteiger partial charge in [0, 0.05) is 48.6 Å². The smallest absolute Gasteiger partial charge is 0.407 e. The number of rotatable bonds is 1. The molecular formula is C22H21Cl3N2O2. The topological polar surface area (TPSA) is 43.8 Å². The summed E-state index contributed by atoms with van der Waals surface area (Å²) < 4.78 is -1.51. The lowest BCUT2D eigenvalue weighted by Crippen LogP contribution is -2.45. The quantitative estimate of drug-likeness (QED) is 0.505. The average molecular weight is 452 g/mol. The number of likely N-dealkylation sites (tertiary alicyclic amines) is 1. The number of halogens is 3. The van der Waals surface area contributed by atoms with Crippen LogP contribution >= 0.6 is 34.8 Å². The van der Waals surface area contributed by atoms with Crippen LogP contribution in [0.4, 0.5) is 16.2 Å². The summed E-state index contributed by atoms with van der Waals surface area (Å²) in [5.74, 6) is 0. The minimum absolute atomic E-state index is 0.157. The number of hydrogen-bond donors (Lipinski definition) is 1. The molecule has 0 saturated carbocycles. The van der Waals surface area contributed by atoms with E-state index in [0.29, 0.717) is 19.4 Å². The molecule has 0 aliphatic carbocycles. The molecule has 4 rings (SSSR count). The average Bonchev–Trinajstić information content (AvgIpc) is 2.67. The molecule has 0 aromatic heterocycles. The fraction of sp³-hybridized carbons (Fsp3) is 0.318. The van der Waals surface area contributed by atoms with Crippen LogP contribution in [0.5, 0.6) is 0 Å². The van der Waals surface area contributed by atoms with E-state index in [0.717, 1.165) is 22.5 Å². The maximum atomic E-state index is 11.7. The number of amides is 1. The summed E-state index contributed by atoms with van der Waals surface area (Å²) >= 11 is 18.1. The summed E-state index contributed by atoms with van der Waals surface area (Å²) in [7, 11) is 2.07. The molecule has 2 aromatic carbocycles. The van der Waals surface area contributed by atoms with Crippen molar-refractivity contribution in [3.05, 3.63) is 65.2 Å². The Labute approximate surface area is 185 Å². The highest BCUT2D eigenvalue weighted by Gasteiger charge is 2.37. The third kappa shape index (κ3) is 3.94. The molecule has 1 fully saturated rings. The fourth-order valence-electron chi connectivity index (χ4n) is 4.47. The zero-order chi connectivity index (χ0) is 20.8. The summed E-state index contributed by atoms with van der Waals surface area (Å²) in [6.07, 6.45) is 0.383. The van der Waals surface area contributed by atoms with Gasteiger partial charge in [-0.2, -0.15) is 0 Å². The van der Waals surface area contributed by atoms with E-state index in [1.54, 1.807) is 0 Å². The van der Waals surface area contributed by atoms with Gasteiger partial charge in [0.2, 0.25) is 0 Å². The lowest BCUT2D eigenvalue weighted by Gasteiger charge is -2.39. The number of carboxylic acid groups (broad SMARTS) is 1. The first-order valence-corrected chi connectivity index (χ1v) is 10.6. The molecule has 2 aliphatic rings. The summed E-state index contributed by atoms with van der Waals surface area (Å²) in [5, 5.41) is 9.63. The molecule has 7 heteroatoms. The van der Waals surface area contributed by atoms with Crippen molar-refractivity contribution in [1.29, 1.82) is 0 Å². The Morgan fingerprint density at radius 3 is 2.14 bits per heavy atom. The predicted octanol–water partition coefficient (Wildman–Crippen LogP) is 6.47. The second-order valence-electron chi connectivity index (χ2n) is 7.48. The van der Waals surface area contributed by atoms with Crippen LogP contribution in [0.1, 0.15) is 30.4 Å². The third-order valence-corrected chi connectivity index (χ3v) is 6.18. The van der Waals surface area contributed by atoms with Crippen LogP contribution in [-0.4, -0.2) is 39.5 Å². The van der Waals surface area contributed by atoms with Crippen molar-refractivity contribution in [2.24, 2.45) is 0 Å². The van der Waals surface area contributed by atoms with Crippen LogP contribution in [0.3, 0.4) is 0 Å². The molecule has 1 unspecified atom stereocenters. The van der Waals surface area contributed by atoms with Crippen molar-refractivity contribution < 1.29 is 9.90 Å². The fourth-order valence-corrected chi connectivity index (χ4v) is 5.01. The SMILES string of the molecule is CN1c2ccccc2C(=C2CCN(C(=O)O)C(CC(Cl)(Cl)Cl)C2)c2ccccc21. The first-order chi connectivity index (χ1) is 13.8. The molecule has 1 atom stereocenters. The Hall–Kier alpha value is -1.88. The van der Waals surface area contributed by atoms with Gasteiger partial charge in [0.05, 0.1) is 0 Å². The zero-order valence-electron chi connectivity index (χ0n) is 15.9. The Bertz CT molecular complexity index is 935. The van der Waals surface area contributed by atoms with E-state index >= 15 is 0 Å². The number of para-hydroxylation sites is 2. The molecule has 4 nitrogen and oxygen atoms in total. The highest BCUT2D eigenvalue weighted by molar-refractivity contribution is 6.67. The van der Waals surface area contributed by atoms with Crippen LogP contribution in [0, 0.1) is 0 Å². The zero-order valence-corrected chi connectivity index (χ0v) is 18.2. The third-order valence-electron chi connectivity index (χ3n) is 5.71. The van der Waals surface area contributed by atoms with Crippen molar-refractivity contribution in [2.45, 2.75) is 29.1 Å². The Morgan fingerprint density at radius 1 is 1.07 bits per heavy atom. The number of carbonyl (C=O) groups is 1. The summed E-state index contributed by atoms with van der Waals surface area (Å²) in [5.41, 5.74) is 6.95. The highest BCUT2D eigenvalue weighted by Crippen LogP contribution is 2.48. The van der Waals surface area contributed by atoms with E-state index in [1.807, 2.05) is 24.3 Å². The van der Waals surface area contributed by atoms with Crippen LogP contribution in [0.15, 0.2) is 54.1 Å². The van der Waals surface area contributed by atoms with E-state index in [9.17, 15) is 9.90 Å². The number of hydrogen-bond acceptors (Lipinski definition) is 2. The maximum absolute atomic E-state index is 11.7. The highest BCUT2D eigenvalue weighted by atomic mass is 35.6. The van der Waals surface area contributed by atoms with Crippen molar-refractivity contribution in [2.75, 3.05) is 18.5 Å². The molecule has 1 N–H and O–H groups in total. The van der Waals surface area contributed by atoms with E-state index in [-0.39, 0.29) is 12.5 Å². The van der Waals surface area contributed by atoms with Gasteiger partial charge in [0.15, 0.2) is 3.79 Å². The van der Waals surface area contributed by atoms with Crippen LogP contribution < -0.4 is 4.90 Å². The standard InChI is InChI=1S/C22H21Cl3N2O2/c1-26-18-8-4-2-6-16(18)20(17-7-3-5-9-19(17)26)14-10-11-27(21(28)29)15(12-14)13-22(23,24)25/h2-9,15H,10-13H2,1H3,(H,28,29). The van der Waals surface area contributed by atoms with Crippen LogP contribution in [0.25, 0.3) is 5.57 Å². The molecule has 0 radical (unpaired) electrons. The molecular weight excluding hydrogens is 431 g/mol. The van der Waals surface area contributed by atoms with E-state index in [4.69, 9.17) is 34.8 Å². The monoisotopic (exact) mass is 450 g/mol. The number of piperidine rings is 1. The Balaban J connectivity index is 1.84. The van der Waals surface area contributed by atoms with Gasteiger partial charge in [-0.3, -0.25) is 0 Å². The van der Waals surface area contributed by atoms with Crippen LogP contribution in [0.2, 0.25) is 0 Å². The normalized spacial score (nSPS) is 19.1. The Kier molecular flexibility index (Phi) is 5.45. The van der Waals surface area contributed by atoms with Gasteiger partial charge in [-0.1, -0.05) is 76.8 Å². The number of alkyl halides is 3. The molecule has 0 bridgehead atoms. The van der Waals surface area contributed by atoms with Gasteiger partial charge >= 0.3 is 6.09 Å². The summed E-state index contributed by atoms with van der Waals surface area (Å²) in [4.78, 5) is 15.3. The molecule has 152 valence electrons. The summed E-state index contributed by atoms with van der Waals surface area (Å²) in [6, 6.07) is 16.2. The van der Waals surface area contributed by atoms with Crippen molar-refractivity contribution >= 4 is 57.8 Å². The minimum atomic E-state index is -1.51. The van der Waals surface area contributed by atoms with E-state index < -0.39 is 9.89 Å². The van der Waals surface area contributed by atoms with Crippen molar-refractivity contribution in [3.63, 3.8) is 0 Å². The van der Waals surface area contributed by atoms with Gasteiger partial charge in [0.25, 0.3) is 0 Å². The molecule has 1 amide bonds. The van der Waals surface area contributed by atoms with Gasteiger partial charge in [-0.15, -0.1) is 0 Å². The lowest BCUT2D eigenvalue weighted by atomic mass is 9.82. The minimum Gasteiger partial charge on any atom is -0.465 e. The number of anilines is 2. The van der Waals surface area contributed by atoms with E-state index in [2.05, 4.69) is 36.2 Å². The van der Waals surface area contributed by atoms with Gasteiger partial charge in [0.1, 0.15) is 0 Å². The molecule has 2 heterocycles. The first kappa shape index (κ1) is 20.4. The number of fused-ring (bicyclic) bond motifs is 2. The first-order valence-electron chi connectivity index (χ1n) is 9.47. The van der Waals surface area contributed by atoms with Gasteiger partial charge in [-0.05, 0) is 30.5 Å². The molecule has 29 heavy (non-hydrogen) atoms. The number of nitrogens with zero attached hydrogens (tertiary/aromatic N) is 2. The van der Waals surface area contributed by atoms with Gasteiger partial charge in [-0.25, -0.2) is 4.79 Å². The largest absolute Gasteiger partial charge is 0.465 e. The second-order valence-corrected chi connectivity index (χ2v) is 9.99. The van der Waals surface area contributed by atoms with Crippen molar-refractivity contribution in [3.8, 4) is 0 Å². The van der Waals surface area contributed by atoms with E-state index in [1.165, 1.54) is 16.0 Å². The Morgan fingerprint density at radius 2 is 1.62 bits per heavy atom. The van der Waals surface area contributed by atoms with Crippen LogP contribution in [-0.2, 0) is 0 Å². The van der Waals surface area contributed by atoms with Crippen molar-refractivity contribution in [1.82, 2.24) is 4.90 Å². The number of benzene rings is 2. The van der Waals surface area contributed by atoms with Gasteiger partial charge < -0.3 is 14.9 Å². The molecule has 2 aromatic rings.